The van der Waals surface area contributed by atoms with Crippen molar-refractivity contribution in [1.29, 1.82) is 0 Å². The lowest BCUT2D eigenvalue weighted by atomic mass is 9.96. The number of rotatable bonds is 12. The van der Waals surface area contributed by atoms with Crippen LogP contribution in [0.5, 0.6) is 0 Å². The fourth-order valence-electron chi connectivity index (χ4n) is 3.82. The van der Waals surface area contributed by atoms with Crippen LogP contribution in [0.25, 0.3) is 5.57 Å². The third-order valence-electron chi connectivity index (χ3n) is 6.18. The Morgan fingerprint density at radius 3 is 2.56 bits per heavy atom. The average Bonchev–Trinajstić information content (AvgIpc) is 3.19. The number of hydrogen-bond acceptors (Lipinski definition) is 5. The number of imidazole rings is 1. The molecule has 1 fully saturated rings. The highest BCUT2D eigenvalue weighted by atomic mass is 16.5. The van der Waals surface area contributed by atoms with Gasteiger partial charge in [0.05, 0.1) is 6.10 Å². The number of carbonyl (C=O) groups excluding carboxylic acids is 2. The minimum Gasteiger partial charge on any atom is -0.360 e. The molecule has 8 nitrogen and oxygen atoms in total. The molecule has 0 aliphatic heterocycles. The second-order valence-electron chi connectivity index (χ2n) is 8.39. The van der Waals surface area contributed by atoms with Gasteiger partial charge < -0.3 is 19.9 Å². The van der Waals surface area contributed by atoms with Gasteiger partial charge in [-0.05, 0) is 51.7 Å². The molecule has 2 amide bonds. The van der Waals surface area contributed by atoms with Crippen molar-refractivity contribution in [3.05, 3.63) is 65.8 Å². The number of anilines is 1. The highest BCUT2D eigenvalue weighted by Crippen LogP contribution is 2.28. The number of aromatic nitrogens is 2. The molecule has 0 radical (unpaired) electrons. The zero-order valence-electron chi connectivity index (χ0n) is 20.5. The Kier molecular flexibility index (Phi) is 8.65. The highest BCUT2D eigenvalue weighted by Gasteiger charge is 2.27. The van der Waals surface area contributed by atoms with E-state index in [1.165, 1.54) is 11.3 Å². The summed E-state index contributed by atoms with van der Waals surface area (Å²) in [5.74, 6) is 0.635. The number of nitrogens with one attached hydrogen (secondary N) is 2. The molecule has 34 heavy (non-hydrogen) atoms. The first-order valence-electron chi connectivity index (χ1n) is 11.7. The molecule has 182 valence electrons. The Labute approximate surface area is 201 Å². The molecule has 2 aromatic rings. The maximum absolute atomic E-state index is 13.0. The van der Waals surface area contributed by atoms with Crippen LogP contribution < -0.4 is 15.5 Å². The molecular formula is C26H35N5O3. The molecule has 1 atom stereocenters. The SMILES string of the molecule is C=CC(N/C(C)=C(\C)c1nc(N(C=O)CC)c(C(=O)NC)n1Cc1ccccc1)OC1CCC1. The van der Waals surface area contributed by atoms with Gasteiger partial charge in [0.15, 0.2) is 11.5 Å². The number of nitrogens with zero attached hydrogens (tertiary/aromatic N) is 3. The summed E-state index contributed by atoms with van der Waals surface area (Å²) in [5, 5.41) is 6.09. The van der Waals surface area contributed by atoms with Crippen LogP contribution in [-0.4, -0.2) is 47.8 Å². The molecule has 0 bridgehead atoms. The Morgan fingerprint density at radius 1 is 1.32 bits per heavy atom. The van der Waals surface area contributed by atoms with Crippen molar-refractivity contribution >= 4 is 23.7 Å². The lowest BCUT2D eigenvalue weighted by Crippen LogP contribution is -2.35. The van der Waals surface area contributed by atoms with Crippen LogP contribution in [0.4, 0.5) is 5.82 Å². The molecule has 1 heterocycles. The molecule has 1 saturated carbocycles. The van der Waals surface area contributed by atoms with Crippen LogP contribution in [0.15, 0.2) is 48.7 Å². The highest BCUT2D eigenvalue weighted by molar-refractivity contribution is 6.00. The van der Waals surface area contributed by atoms with Gasteiger partial charge in [-0.1, -0.05) is 36.9 Å². The Balaban J connectivity index is 2.09. The van der Waals surface area contributed by atoms with Crippen molar-refractivity contribution in [2.75, 3.05) is 18.5 Å². The van der Waals surface area contributed by atoms with Crippen molar-refractivity contribution in [3.8, 4) is 0 Å². The Morgan fingerprint density at radius 2 is 2.03 bits per heavy atom. The van der Waals surface area contributed by atoms with Crippen LogP contribution in [0, 0.1) is 0 Å². The first kappa shape index (κ1) is 25.2. The van der Waals surface area contributed by atoms with E-state index >= 15 is 0 Å². The number of benzene rings is 1. The molecule has 1 aromatic carbocycles. The number of carbonyl (C=O) groups is 2. The lowest BCUT2D eigenvalue weighted by Gasteiger charge is -2.30. The predicted octanol–water partition coefficient (Wildman–Crippen LogP) is 3.70. The van der Waals surface area contributed by atoms with Gasteiger partial charge in [-0.15, -0.1) is 0 Å². The van der Waals surface area contributed by atoms with Crippen molar-refractivity contribution < 1.29 is 14.3 Å². The van der Waals surface area contributed by atoms with E-state index in [1.807, 2.05) is 55.7 Å². The first-order valence-corrected chi connectivity index (χ1v) is 11.7. The molecule has 1 aromatic heterocycles. The van der Waals surface area contributed by atoms with E-state index in [0.29, 0.717) is 36.8 Å². The third kappa shape index (κ3) is 5.56. The summed E-state index contributed by atoms with van der Waals surface area (Å²) in [6, 6.07) is 9.86. The van der Waals surface area contributed by atoms with Gasteiger partial charge in [0.25, 0.3) is 5.91 Å². The zero-order valence-corrected chi connectivity index (χ0v) is 20.5. The second-order valence-corrected chi connectivity index (χ2v) is 8.39. The largest absolute Gasteiger partial charge is 0.360 e. The topological polar surface area (TPSA) is 88.5 Å². The normalized spacial score (nSPS) is 15.1. The van der Waals surface area contributed by atoms with E-state index in [0.717, 1.165) is 29.7 Å². The molecule has 3 rings (SSSR count). The van der Waals surface area contributed by atoms with Crippen molar-refractivity contribution in [2.45, 2.75) is 58.9 Å². The van der Waals surface area contributed by atoms with Crippen LogP contribution in [0.3, 0.4) is 0 Å². The lowest BCUT2D eigenvalue weighted by molar-refractivity contribution is -0.107. The molecule has 1 aliphatic rings. The Hall–Kier alpha value is -3.39. The number of ether oxygens (including phenoxy) is 1. The average molecular weight is 466 g/mol. The number of hydrogen-bond donors (Lipinski definition) is 2. The van der Waals surface area contributed by atoms with E-state index in [1.54, 1.807) is 13.1 Å². The summed E-state index contributed by atoms with van der Waals surface area (Å²) < 4.78 is 7.93. The Bertz CT molecular complexity index is 1040. The van der Waals surface area contributed by atoms with Crippen LogP contribution in [0.2, 0.25) is 0 Å². The molecule has 8 heteroatoms. The van der Waals surface area contributed by atoms with Crippen molar-refractivity contribution in [2.24, 2.45) is 0 Å². The number of amides is 2. The fraction of sp³-hybridized carbons (Fsp3) is 0.423. The van der Waals surface area contributed by atoms with Gasteiger partial charge in [0.2, 0.25) is 6.41 Å². The maximum atomic E-state index is 13.0. The van der Waals surface area contributed by atoms with Crippen molar-refractivity contribution in [3.63, 3.8) is 0 Å². The molecule has 2 N–H and O–H groups in total. The molecule has 1 aliphatic carbocycles. The molecule has 1 unspecified atom stereocenters. The van der Waals surface area contributed by atoms with Gasteiger partial charge >= 0.3 is 0 Å². The van der Waals surface area contributed by atoms with Gasteiger partial charge in [-0.25, -0.2) is 4.98 Å². The minimum absolute atomic E-state index is 0.251. The second kappa shape index (κ2) is 11.7. The summed E-state index contributed by atoms with van der Waals surface area (Å²) in [4.78, 5) is 31.0. The summed E-state index contributed by atoms with van der Waals surface area (Å²) in [6.45, 7) is 10.5. The smallest absolute Gasteiger partial charge is 0.271 e. The van der Waals surface area contributed by atoms with Crippen LogP contribution in [0.1, 0.15) is 61.9 Å². The van der Waals surface area contributed by atoms with E-state index in [9.17, 15) is 9.59 Å². The van der Waals surface area contributed by atoms with E-state index in [4.69, 9.17) is 9.72 Å². The molecule has 0 saturated heterocycles. The summed E-state index contributed by atoms with van der Waals surface area (Å²) in [6.07, 6.45) is 5.70. The quantitative estimate of drug-likeness (QED) is 0.284. The summed E-state index contributed by atoms with van der Waals surface area (Å²) >= 11 is 0. The van der Waals surface area contributed by atoms with Gasteiger partial charge in [0, 0.05) is 31.4 Å². The van der Waals surface area contributed by atoms with Crippen LogP contribution >= 0.6 is 0 Å². The molecular weight excluding hydrogens is 430 g/mol. The third-order valence-corrected chi connectivity index (χ3v) is 6.18. The van der Waals surface area contributed by atoms with Crippen LogP contribution in [-0.2, 0) is 16.1 Å². The predicted molar refractivity (Wildman–Crippen MR) is 134 cm³/mol. The van der Waals surface area contributed by atoms with Gasteiger partial charge in [0.1, 0.15) is 12.1 Å². The van der Waals surface area contributed by atoms with E-state index in [2.05, 4.69) is 17.2 Å². The zero-order chi connectivity index (χ0) is 24.7. The summed E-state index contributed by atoms with van der Waals surface area (Å²) in [5.41, 5.74) is 3.06. The van der Waals surface area contributed by atoms with E-state index < -0.39 is 0 Å². The molecule has 0 spiro atoms. The standard InChI is InChI=1S/C26H35N5O3/c1-6-22(34-21-14-11-15-21)28-19(4)18(3)24-29-25(30(7-2)17-32)23(26(33)27-5)31(24)16-20-12-9-8-10-13-20/h6,8-10,12-13,17,21-22,28H,1,7,11,14-16H2,2-5H3,(H,27,33)/b19-18+. The number of allylic oxidation sites excluding steroid dienone is 2. The first-order chi connectivity index (χ1) is 16.4. The van der Waals surface area contributed by atoms with Gasteiger partial charge in [-0.3, -0.25) is 14.5 Å². The van der Waals surface area contributed by atoms with Crippen molar-refractivity contribution in [1.82, 2.24) is 20.2 Å². The van der Waals surface area contributed by atoms with Gasteiger partial charge in [-0.2, -0.15) is 0 Å². The summed E-state index contributed by atoms with van der Waals surface area (Å²) in [7, 11) is 1.57. The fourth-order valence-corrected chi connectivity index (χ4v) is 3.82. The maximum Gasteiger partial charge on any atom is 0.271 e. The monoisotopic (exact) mass is 465 g/mol. The minimum atomic E-state index is -0.321. The van der Waals surface area contributed by atoms with E-state index in [-0.39, 0.29) is 18.2 Å².